The normalized spacial score (nSPS) is 18.9. The lowest BCUT2D eigenvalue weighted by atomic mass is 10.3. The molecule has 0 aromatic carbocycles. The summed E-state index contributed by atoms with van der Waals surface area (Å²) in [5.74, 6) is 0. The minimum absolute atomic E-state index is 0.118. The molecule has 0 saturated heterocycles. The van der Waals surface area contributed by atoms with Crippen LogP contribution in [0.25, 0.3) is 0 Å². The standard InChI is InChI=1S/C10H22N2O2/c1-2-14-10(7-11)8-12(5-6-13)9-3-4-9/h9-10,13H,2-8,11H2,1H3. The van der Waals surface area contributed by atoms with Gasteiger partial charge in [0.25, 0.3) is 0 Å². The van der Waals surface area contributed by atoms with Gasteiger partial charge in [-0.05, 0) is 19.8 Å². The molecule has 1 rings (SSSR count). The van der Waals surface area contributed by atoms with Gasteiger partial charge in [0, 0.05) is 32.3 Å². The molecule has 1 unspecified atom stereocenters. The van der Waals surface area contributed by atoms with Gasteiger partial charge in [0.15, 0.2) is 0 Å². The third kappa shape index (κ3) is 3.92. The van der Waals surface area contributed by atoms with Crippen LogP contribution < -0.4 is 5.73 Å². The van der Waals surface area contributed by atoms with Crippen LogP contribution in [-0.4, -0.2) is 55.0 Å². The van der Waals surface area contributed by atoms with Crippen molar-refractivity contribution in [3.63, 3.8) is 0 Å². The lowest BCUT2D eigenvalue weighted by Crippen LogP contribution is -2.40. The van der Waals surface area contributed by atoms with E-state index in [-0.39, 0.29) is 12.7 Å². The van der Waals surface area contributed by atoms with E-state index in [1.54, 1.807) is 0 Å². The highest BCUT2D eigenvalue weighted by Gasteiger charge is 2.29. The molecule has 0 bridgehead atoms. The average Bonchev–Trinajstić information content (AvgIpc) is 2.99. The summed E-state index contributed by atoms with van der Waals surface area (Å²) >= 11 is 0. The van der Waals surface area contributed by atoms with Crippen molar-refractivity contribution in [3.8, 4) is 0 Å². The van der Waals surface area contributed by atoms with Gasteiger partial charge in [-0.25, -0.2) is 0 Å². The van der Waals surface area contributed by atoms with E-state index >= 15 is 0 Å². The molecule has 0 aliphatic heterocycles. The average molecular weight is 202 g/mol. The number of hydrogen-bond donors (Lipinski definition) is 2. The van der Waals surface area contributed by atoms with E-state index in [0.29, 0.717) is 19.2 Å². The van der Waals surface area contributed by atoms with Gasteiger partial charge in [0.05, 0.1) is 12.7 Å². The number of rotatable bonds is 8. The second kappa shape index (κ2) is 6.35. The smallest absolute Gasteiger partial charge is 0.0823 e. The number of aliphatic hydroxyl groups excluding tert-OH is 1. The van der Waals surface area contributed by atoms with E-state index in [1.807, 2.05) is 6.92 Å². The fourth-order valence-corrected chi connectivity index (χ4v) is 1.68. The Kier molecular flexibility index (Phi) is 5.40. The van der Waals surface area contributed by atoms with Crippen LogP contribution >= 0.6 is 0 Å². The Labute approximate surface area is 86.0 Å². The predicted octanol–water partition coefficient (Wildman–Crippen LogP) is -0.193. The van der Waals surface area contributed by atoms with Crippen molar-refractivity contribution in [1.29, 1.82) is 0 Å². The Balaban J connectivity index is 2.27. The lowest BCUT2D eigenvalue weighted by molar-refractivity contribution is 0.0328. The van der Waals surface area contributed by atoms with E-state index < -0.39 is 0 Å². The van der Waals surface area contributed by atoms with Gasteiger partial charge >= 0.3 is 0 Å². The number of nitrogens with zero attached hydrogens (tertiary/aromatic N) is 1. The Bertz CT molecular complexity index is 151. The summed E-state index contributed by atoms with van der Waals surface area (Å²) in [4.78, 5) is 2.28. The maximum atomic E-state index is 8.92. The van der Waals surface area contributed by atoms with Gasteiger partial charge in [-0.2, -0.15) is 0 Å². The fraction of sp³-hybridized carbons (Fsp3) is 1.00. The van der Waals surface area contributed by atoms with E-state index in [0.717, 1.165) is 13.1 Å². The van der Waals surface area contributed by atoms with Crippen LogP contribution in [0.5, 0.6) is 0 Å². The molecular weight excluding hydrogens is 180 g/mol. The Morgan fingerprint density at radius 2 is 2.29 bits per heavy atom. The molecule has 1 atom stereocenters. The van der Waals surface area contributed by atoms with Gasteiger partial charge in [0.2, 0.25) is 0 Å². The first-order valence-electron chi connectivity index (χ1n) is 5.48. The molecule has 3 N–H and O–H groups in total. The summed E-state index contributed by atoms with van der Waals surface area (Å²) in [5.41, 5.74) is 5.61. The molecule has 1 aliphatic carbocycles. The molecule has 14 heavy (non-hydrogen) atoms. The highest BCUT2D eigenvalue weighted by atomic mass is 16.5. The van der Waals surface area contributed by atoms with Crippen LogP contribution in [0, 0.1) is 0 Å². The lowest BCUT2D eigenvalue weighted by Gasteiger charge is -2.25. The summed E-state index contributed by atoms with van der Waals surface area (Å²) in [5, 5.41) is 8.92. The SMILES string of the molecule is CCOC(CN)CN(CCO)C1CC1. The molecule has 4 heteroatoms. The zero-order valence-corrected chi connectivity index (χ0v) is 8.98. The predicted molar refractivity (Wildman–Crippen MR) is 56.1 cm³/mol. The van der Waals surface area contributed by atoms with Crippen LogP contribution in [0.1, 0.15) is 19.8 Å². The first-order chi connectivity index (χ1) is 6.81. The van der Waals surface area contributed by atoms with Crippen LogP contribution in [-0.2, 0) is 4.74 Å². The number of nitrogens with two attached hydrogens (primary N) is 1. The van der Waals surface area contributed by atoms with Crippen LogP contribution in [0.4, 0.5) is 0 Å². The van der Waals surface area contributed by atoms with E-state index in [2.05, 4.69) is 4.90 Å². The minimum Gasteiger partial charge on any atom is -0.395 e. The maximum Gasteiger partial charge on any atom is 0.0823 e. The Morgan fingerprint density at radius 1 is 1.57 bits per heavy atom. The molecule has 0 spiro atoms. The second-order valence-electron chi connectivity index (χ2n) is 3.76. The fourth-order valence-electron chi connectivity index (χ4n) is 1.68. The third-order valence-corrected chi connectivity index (χ3v) is 2.55. The summed E-state index contributed by atoms with van der Waals surface area (Å²) in [6.07, 6.45) is 2.62. The number of hydrogen-bond acceptors (Lipinski definition) is 4. The van der Waals surface area contributed by atoms with Crippen LogP contribution in [0.15, 0.2) is 0 Å². The highest BCUT2D eigenvalue weighted by molar-refractivity contribution is 4.85. The molecule has 0 aromatic heterocycles. The molecule has 0 radical (unpaired) electrons. The van der Waals surface area contributed by atoms with Crippen molar-refractivity contribution >= 4 is 0 Å². The van der Waals surface area contributed by atoms with E-state index in [4.69, 9.17) is 15.6 Å². The van der Waals surface area contributed by atoms with E-state index in [9.17, 15) is 0 Å². The topological polar surface area (TPSA) is 58.7 Å². The maximum absolute atomic E-state index is 8.92. The van der Waals surface area contributed by atoms with Gasteiger partial charge in [0.1, 0.15) is 0 Å². The molecule has 4 nitrogen and oxygen atoms in total. The first-order valence-corrected chi connectivity index (χ1v) is 5.48. The molecule has 0 heterocycles. The van der Waals surface area contributed by atoms with Crippen molar-refractivity contribution in [3.05, 3.63) is 0 Å². The largest absolute Gasteiger partial charge is 0.395 e. The van der Waals surface area contributed by atoms with Gasteiger partial charge in [-0.1, -0.05) is 0 Å². The van der Waals surface area contributed by atoms with Crippen LogP contribution in [0.2, 0.25) is 0 Å². The number of ether oxygens (including phenoxy) is 1. The van der Waals surface area contributed by atoms with Crippen molar-refractivity contribution in [2.45, 2.75) is 31.9 Å². The molecular formula is C10H22N2O2. The summed E-state index contributed by atoms with van der Waals surface area (Å²) < 4.78 is 5.50. The van der Waals surface area contributed by atoms with Crippen molar-refractivity contribution in [2.24, 2.45) is 5.73 Å². The molecule has 1 aliphatic rings. The van der Waals surface area contributed by atoms with Crippen LogP contribution in [0.3, 0.4) is 0 Å². The highest BCUT2D eigenvalue weighted by Crippen LogP contribution is 2.26. The molecule has 0 aromatic rings. The molecule has 1 fully saturated rings. The minimum atomic E-state index is 0.118. The summed E-state index contributed by atoms with van der Waals surface area (Å²) in [6, 6.07) is 0.664. The monoisotopic (exact) mass is 202 g/mol. The molecule has 1 saturated carbocycles. The Hall–Kier alpha value is -0.160. The zero-order chi connectivity index (χ0) is 10.4. The zero-order valence-electron chi connectivity index (χ0n) is 8.98. The molecule has 0 amide bonds. The van der Waals surface area contributed by atoms with Crippen molar-refractivity contribution < 1.29 is 9.84 Å². The first kappa shape index (κ1) is 11.9. The molecule has 84 valence electrons. The van der Waals surface area contributed by atoms with Gasteiger partial charge < -0.3 is 15.6 Å². The quantitative estimate of drug-likeness (QED) is 0.572. The second-order valence-corrected chi connectivity index (χ2v) is 3.76. The van der Waals surface area contributed by atoms with Crippen molar-refractivity contribution in [2.75, 3.05) is 32.8 Å². The summed E-state index contributed by atoms with van der Waals surface area (Å²) in [6.45, 7) is 5.07. The van der Waals surface area contributed by atoms with E-state index in [1.165, 1.54) is 12.8 Å². The van der Waals surface area contributed by atoms with Gasteiger partial charge in [-0.3, -0.25) is 4.90 Å². The Morgan fingerprint density at radius 3 is 2.71 bits per heavy atom. The third-order valence-electron chi connectivity index (χ3n) is 2.55. The van der Waals surface area contributed by atoms with Gasteiger partial charge in [-0.15, -0.1) is 0 Å². The number of aliphatic hydroxyl groups is 1. The summed E-state index contributed by atoms with van der Waals surface area (Å²) in [7, 11) is 0. The van der Waals surface area contributed by atoms with Crippen molar-refractivity contribution in [1.82, 2.24) is 4.90 Å².